The summed E-state index contributed by atoms with van der Waals surface area (Å²) < 4.78 is 18.9. The minimum Gasteiger partial charge on any atom is -0.436 e. The monoisotopic (exact) mass is 362 g/mol. The molecule has 2 rings (SSSR count). The highest BCUT2D eigenvalue weighted by atomic mass is 79.9. The number of ether oxygens (including phenoxy) is 1. The highest BCUT2D eigenvalue weighted by Crippen LogP contribution is 2.31. The minimum absolute atomic E-state index is 0.112. The van der Waals surface area contributed by atoms with Gasteiger partial charge in [-0.05, 0) is 50.1 Å². The predicted octanol–water partition coefficient (Wildman–Crippen LogP) is 3.23. The third-order valence-electron chi connectivity index (χ3n) is 1.87. The predicted molar refractivity (Wildman–Crippen MR) is 66.7 cm³/mol. The van der Waals surface area contributed by atoms with Crippen LogP contribution in [0.15, 0.2) is 38.3 Å². The van der Waals surface area contributed by atoms with Crippen LogP contribution >= 0.6 is 31.9 Å². The maximum absolute atomic E-state index is 12.9. The number of H-pyrrole nitrogens is 1. The van der Waals surface area contributed by atoms with Gasteiger partial charge in [0.05, 0.1) is 10.8 Å². The van der Waals surface area contributed by atoms with Gasteiger partial charge in [0.2, 0.25) is 5.88 Å². The van der Waals surface area contributed by atoms with Crippen molar-refractivity contribution < 1.29 is 9.13 Å². The van der Waals surface area contributed by atoms with Crippen LogP contribution in [0.25, 0.3) is 0 Å². The minimum atomic E-state index is -0.387. The first-order valence-electron chi connectivity index (χ1n) is 4.44. The molecule has 2 aromatic rings. The van der Waals surface area contributed by atoms with Crippen LogP contribution in [0, 0.1) is 5.82 Å². The standard InChI is InChI=1S/C10H5Br2FN2O2/c11-6-3-5(13)1-2-7(6)17-10-8(12)9(16)14-4-15-10/h1-4H,(H,14,15,16). The average molecular weight is 364 g/mol. The van der Waals surface area contributed by atoms with Crippen molar-refractivity contribution in [3.63, 3.8) is 0 Å². The summed E-state index contributed by atoms with van der Waals surface area (Å²) in [6.45, 7) is 0. The summed E-state index contributed by atoms with van der Waals surface area (Å²) in [6.07, 6.45) is 1.22. The molecule has 0 saturated heterocycles. The van der Waals surface area contributed by atoms with E-state index in [9.17, 15) is 9.18 Å². The van der Waals surface area contributed by atoms with E-state index in [1.54, 1.807) is 0 Å². The number of aromatic amines is 1. The zero-order valence-electron chi connectivity index (χ0n) is 8.21. The molecule has 4 nitrogen and oxygen atoms in total. The van der Waals surface area contributed by atoms with Gasteiger partial charge >= 0.3 is 0 Å². The van der Waals surface area contributed by atoms with Crippen LogP contribution in [0.3, 0.4) is 0 Å². The van der Waals surface area contributed by atoms with E-state index in [1.807, 2.05) is 0 Å². The Morgan fingerprint density at radius 1 is 1.35 bits per heavy atom. The van der Waals surface area contributed by atoms with Gasteiger partial charge in [-0.1, -0.05) is 0 Å². The van der Waals surface area contributed by atoms with Gasteiger partial charge in [-0.3, -0.25) is 4.79 Å². The highest BCUT2D eigenvalue weighted by molar-refractivity contribution is 9.11. The van der Waals surface area contributed by atoms with E-state index in [1.165, 1.54) is 24.5 Å². The van der Waals surface area contributed by atoms with Crippen LogP contribution in [0.2, 0.25) is 0 Å². The number of nitrogens with zero attached hydrogens (tertiary/aromatic N) is 1. The van der Waals surface area contributed by atoms with Gasteiger partial charge in [0.15, 0.2) is 0 Å². The lowest BCUT2D eigenvalue weighted by Gasteiger charge is -2.07. The number of hydrogen-bond acceptors (Lipinski definition) is 3. The van der Waals surface area contributed by atoms with Crippen molar-refractivity contribution in [1.29, 1.82) is 0 Å². The second-order valence-corrected chi connectivity index (χ2v) is 4.67. The molecule has 1 aromatic carbocycles. The summed E-state index contributed by atoms with van der Waals surface area (Å²) in [7, 11) is 0. The van der Waals surface area contributed by atoms with Gasteiger partial charge < -0.3 is 9.72 Å². The van der Waals surface area contributed by atoms with E-state index in [-0.39, 0.29) is 21.7 Å². The lowest BCUT2D eigenvalue weighted by Crippen LogP contribution is -2.08. The second kappa shape index (κ2) is 4.97. The van der Waals surface area contributed by atoms with Gasteiger partial charge in [0.1, 0.15) is 16.0 Å². The maximum atomic E-state index is 12.9. The van der Waals surface area contributed by atoms with Crippen molar-refractivity contribution in [2.75, 3.05) is 0 Å². The van der Waals surface area contributed by atoms with Crippen molar-refractivity contribution >= 4 is 31.9 Å². The molecular formula is C10H5Br2FN2O2. The van der Waals surface area contributed by atoms with Gasteiger partial charge in [0.25, 0.3) is 5.56 Å². The van der Waals surface area contributed by atoms with Crippen molar-refractivity contribution in [3.05, 3.63) is 49.6 Å². The molecule has 0 fully saturated rings. The van der Waals surface area contributed by atoms with Crippen molar-refractivity contribution in [3.8, 4) is 11.6 Å². The summed E-state index contributed by atoms with van der Waals surface area (Å²) >= 11 is 6.21. The Kier molecular flexibility index (Phi) is 3.58. The van der Waals surface area contributed by atoms with Crippen molar-refractivity contribution in [1.82, 2.24) is 9.97 Å². The fourth-order valence-electron chi connectivity index (χ4n) is 1.10. The molecule has 0 amide bonds. The zero-order chi connectivity index (χ0) is 12.4. The van der Waals surface area contributed by atoms with Crippen LogP contribution < -0.4 is 10.3 Å². The van der Waals surface area contributed by atoms with Crippen molar-refractivity contribution in [2.45, 2.75) is 0 Å². The molecule has 7 heteroatoms. The molecule has 0 aliphatic heterocycles. The number of hydrogen-bond donors (Lipinski definition) is 1. The molecule has 0 aliphatic carbocycles. The summed E-state index contributed by atoms with van der Waals surface area (Å²) in [5, 5.41) is 0. The fourth-order valence-corrected chi connectivity index (χ4v) is 1.83. The highest BCUT2D eigenvalue weighted by Gasteiger charge is 2.10. The summed E-state index contributed by atoms with van der Waals surface area (Å²) in [6, 6.07) is 3.95. The fraction of sp³-hybridized carbons (Fsp3) is 0. The summed E-state index contributed by atoms with van der Waals surface area (Å²) in [4.78, 5) is 17.5. The average Bonchev–Trinajstić information content (AvgIpc) is 2.28. The van der Waals surface area contributed by atoms with E-state index in [0.717, 1.165) is 0 Å². The molecule has 0 spiro atoms. The van der Waals surface area contributed by atoms with Gasteiger partial charge in [0, 0.05) is 0 Å². The number of nitrogens with one attached hydrogen (secondary N) is 1. The van der Waals surface area contributed by atoms with E-state index in [0.29, 0.717) is 10.2 Å². The topological polar surface area (TPSA) is 55.0 Å². The third-order valence-corrected chi connectivity index (χ3v) is 3.18. The summed E-state index contributed by atoms with van der Waals surface area (Å²) in [5.41, 5.74) is -0.353. The van der Waals surface area contributed by atoms with Crippen LogP contribution in [0.4, 0.5) is 4.39 Å². The number of benzene rings is 1. The number of rotatable bonds is 2. The van der Waals surface area contributed by atoms with Gasteiger partial charge in [-0.15, -0.1) is 0 Å². The third kappa shape index (κ3) is 2.73. The van der Waals surface area contributed by atoms with Crippen LogP contribution in [0.1, 0.15) is 0 Å². The lowest BCUT2D eigenvalue weighted by atomic mass is 10.3. The van der Waals surface area contributed by atoms with Crippen molar-refractivity contribution in [2.24, 2.45) is 0 Å². The molecular weight excluding hydrogens is 359 g/mol. The van der Waals surface area contributed by atoms with E-state index in [2.05, 4.69) is 41.8 Å². The largest absolute Gasteiger partial charge is 0.436 e. The molecule has 0 unspecified atom stereocenters. The smallest absolute Gasteiger partial charge is 0.268 e. The Labute approximate surface area is 112 Å². The first-order valence-corrected chi connectivity index (χ1v) is 6.02. The first kappa shape index (κ1) is 12.3. The normalized spacial score (nSPS) is 10.3. The van der Waals surface area contributed by atoms with E-state index >= 15 is 0 Å². The van der Waals surface area contributed by atoms with Crippen LogP contribution in [-0.2, 0) is 0 Å². The number of halogens is 3. The zero-order valence-corrected chi connectivity index (χ0v) is 11.4. The molecule has 1 aromatic heterocycles. The van der Waals surface area contributed by atoms with Gasteiger partial charge in [-0.25, -0.2) is 9.37 Å². The molecule has 0 radical (unpaired) electrons. The van der Waals surface area contributed by atoms with Crippen LogP contribution in [0.5, 0.6) is 11.6 Å². The molecule has 0 aliphatic rings. The van der Waals surface area contributed by atoms with Gasteiger partial charge in [-0.2, -0.15) is 0 Å². The Morgan fingerprint density at radius 3 is 2.82 bits per heavy atom. The second-order valence-electron chi connectivity index (χ2n) is 3.03. The molecule has 0 saturated carbocycles. The molecule has 0 bridgehead atoms. The molecule has 1 N–H and O–H groups in total. The lowest BCUT2D eigenvalue weighted by molar-refractivity contribution is 0.452. The molecule has 0 atom stereocenters. The van der Waals surface area contributed by atoms with E-state index in [4.69, 9.17) is 4.74 Å². The Balaban J connectivity index is 2.38. The first-order chi connectivity index (χ1) is 8.08. The SMILES string of the molecule is O=c1[nH]cnc(Oc2ccc(F)cc2Br)c1Br. The Hall–Kier alpha value is -1.21. The van der Waals surface area contributed by atoms with Crippen LogP contribution in [-0.4, -0.2) is 9.97 Å². The number of aromatic nitrogens is 2. The molecule has 17 heavy (non-hydrogen) atoms. The summed E-state index contributed by atoms with van der Waals surface area (Å²) in [5.74, 6) is 0.0911. The Morgan fingerprint density at radius 2 is 2.12 bits per heavy atom. The Bertz CT molecular complexity index is 615. The van der Waals surface area contributed by atoms with E-state index < -0.39 is 0 Å². The quantitative estimate of drug-likeness (QED) is 0.891. The molecule has 1 heterocycles. The maximum Gasteiger partial charge on any atom is 0.268 e. The molecule has 88 valence electrons.